The fourth-order valence-electron chi connectivity index (χ4n) is 2.92. The fraction of sp³-hybridized carbons (Fsp3) is 0.174. The van der Waals surface area contributed by atoms with Crippen molar-refractivity contribution in [2.45, 2.75) is 6.61 Å². The maximum atomic E-state index is 12.2. The van der Waals surface area contributed by atoms with Crippen LogP contribution < -0.4 is 24.8 Å². The lowest BCUT2D eigenvalue weighted by molar-refractivity contribution is -0.114. The fourth-order valence-corrected chi connectivity index (χ4v) is 2.92. The molecule has 0 saturated heterocycles. The Morgan fingerprint density at radius 1 is 0.862 bits per heavy atom. The van der Waals surface area contributed by atoms with Gasteiger partial charge in [0.05, 0.1) is 6.54 Å². The number of amides is 1. The third-order valence-electron chi connectivity index (χ3n) is 4.38. The Labute approximate surface area is 169 Å². The molecule has 29 heavy (non-hydrogen) atoms. The molecule has 0 radical (unpaired) electrons. The molecule has 3 aromatic rings. The van der Waals surface area contributed by atoms with E-state index in [1.807, 2.05) is 72.8 Å². The Morgan fingerprint density at radius 3 is 2.38 bits per heavy atom. The number of fused-ring (bicyclic) bond motifs is 1. The van der Waals surface area contributed by atoms with Crippen molar-refractivity contribution in [2.24, 2.45) is 0 Å². The molecule has 6 heteroatoms. The number of hydrogen-bond donors (Lipinski definition) is 2. The predicted octanol–water partition coefficient (Wildman–Crippen LogP) is 4.09. The van der Waals surface area contributed by atoms with Crippen LogP contribution in [0.5, 0.6) is 17.2 Å². The van der Waals surface area contributed by atoms with Crippen LogP contribution in [0.1, 0.15) is 5.56 Å². The van der Waals surface area contributed by atoms with Gasteiger partial charge in [0.15, 0.2) is 11.5 Å². The van der Waals surface area contributed by atoms with E-state index < -0.39 is 0 Å². The van der Waals surface area contributed by atoms with E-state index in [4.69, 9.17) is 14.2 Å². The lowest BCUT2D eigenvalue weighted by atomic mass is 10.2. The Morgan fingerprint density at radius 2 is 1.59 bits per heavy atom. The van der Waals surface area contributed by atoms with Gasteiger partial charge in [-0.05, 0) is 42.0 Å². The molecule has 1 heterocycles. The van der Waals surface area contributed by atoms with Crippen molar-refractivity contribution < 1.29 is 19.0 Å². The largest absolute Gasteiger partial charge is 0.489 e. The second-order valence-corrected chi connectivity index (χ2v) is 6.56. The normalized spacial score (nSPS) is 12.1. The number of rotatable bonds is 7. The van der Waals surface area contributed by atoms with E-state index >= 15 is 0 Å². The monoisotopic (exact) mass is 390 g/mol. The van der Waals surface area contributed by atoms with Crippen LogP contribution in [0.15, 0.2) is 72.8 Å². The zero-order chi connectivity index (χ0) is 19.9. The van der Waals surface area contributed by atoms with E-state index in [0.717, 1.165) is 22.7 Å². The molecule has 1 amide bonds. The number of carbonyl (C=O) groups excluding carboxylic acids is 1. The van der Waals surface area contributed by atoms with Gasteiger partial charge in [0, 0.05) is 17.4 Å². The molecule has 0 aliphatic carbocycles. The van der Waals surface area contributed by atoms with E-state index in [1.165, 1.54) is 0 Å². The van der Waals surface area contributed by atoms with Gasteiger partial charge in [-0.1, -0.05) is 30.3 Å². The molecule has 0 spiro atoms. The van der Waals surface area contributed by atoms with E-state index in [-0.39, 0.29) is 12.5 Å². The minimum Gasteiger partial charge on any atom is -0.489 e. The molecule has 6 nitrogen and oxygen atoms in total. The summed E-state index contributed by atoms with van der Waals surface area (Å²) in [5.74, 6) is 2.02. The van der Waals surface area contributed by atoms with Crippen molar-refractivity contribution in [3.63, 3.8) is 0 Å². The molecule has 148 valence electrons. The summed E-state index contributed by atoms with van der Waals surface area (Å²) in [6.45, 7) is 1.73. The zero-order valence-electron chi connectivity index (χ0n) is 15.9. The molecular formula is C23H22N2O4. The number of carbonyl (C=O) groups is 1. The molecule has 0 saturated carbocycles. The number of hydrogen-bond acceptors (Lipinski definition) is 5. The summed E-state index contributed by atoms with van der Waals surface area (Å²) in [7, 11) is 0. The molecule has 0 unspecified atom stereocenters. The van der Waals surface area contributed by atoms with Crippen LogP contribution >= 0.6 is 0 Å². The first-order valence-electron chi connectivity index (χ1n) is 9.46. The molecule has 1 aliphatic rings. The van der Waals surface area contributed by atoms with Gasteiger partial charge in [-0.25, -0.2) is 0 Å². The highest BCUT2D eigenvalue weighted by Crippen LogP contribution is 2.32. The minimum atomic E-state index is -0.141. The van der Waals surface area contributed by atoms with Crippen molar-refractivity contribution in [2.75, 3.05) is 30.4 Å². The van der Waals surface area contributed by atoms with E-state index in [0.29, 0.717) is 31.3 Å². The smallest absolute Gasteiger partial charge is 0.243 e. The average Bonchev–Trinajstić information content (AvgIpc) is 2.78. The Bertz CT molecular complexity index is 958. The summed E-state index contributed by atoms with van der Waals surface area (Å²) in [6, 6.07) is 22.8. The highest BCUT2D eigenvalue weighted by molar-refractivity contribution is 5.93. The van der Waals surface area contributed by atoms with Crippen LogP contribution in [0.2, 0.25) is 0 Å². The molecule has 3 aromatic carbocycles. The van der Waals surface area contributed by atoms with Crippen molar-refractivity contribution in [1.82, 2.24) is 0 Å². The van der Waals surface area contributed by atoms with Gasteiger partial charge in [-0.2, -0.15) is 0 Å². The zero-order valence-corrected chi connectivity index (χ0v) is 15.9. The van der Waals surface area contributed by atoms with Gasteiger partial charge in [-0.15, -0.1) is 0 Å². The van der Waals surface area contributed by atoms with Crippen LogP contribution in [-0.4, -0.2) is 25.7 Å². The van der Waals surface area contributed by atoms with E-state index in [9.17, 15) is 4.79 Å². The van der Waals surface area contributed by atoms with Gasteiger partial charge < -0.3 is 24.8 Å². The van der Waals surface area contributed by atoms with E-state index in [2.05, 4.69) is 10.6 Å². The maximum absolute atomic E-state index is 12.2. The molecule has 1 aliphatic heterocycles. The van der Waals surface area contributed by atoms with Crippen LogP contribution in [0, 0.1) is 0 Å². The van der Waals surface area contributed by atoms with Crippen molar-refractivity contribution >= 4 is 17.3 Å². The van der Waals surface area contributed by atoms with Crippen LogP contribution in [0.4, 0.5) is 11.4 Å². The lowest BCUT2D eigenvalue weighted by Crippen LogP contribution is -2.22. The van der Waals surface area contributed by atoms with Crippen molar-refractivity contribution in [3.8, 4) is 17.2 Å². The number of nitrogens with one attached hydrogen (secondary N) is 2. The summed E-state index contributed by atoms with van der Waals surface area (Å²) in [4.78, 5) is 12.2. The van der Waals surface area contributed by atoms with E-state index in [1.54, 1.807) is 0 Å². The summed E-state index contributed by atoms with van der Waals surface area (Å²) in [5.41, 5.74) is 2.62. The SMILES string of the molecule is O=C(CNc1ccc2c(c1)OCCO2)Nc1ccc(OCc2ccccc2)cc1. The average molecular weight is 390 g/mol. The van der Waals surface area contributed by atoms with Crippen LogP contribution in [-0.2, 0) is 11.4 Å². The summed E-state index contributed by atoms with van der Waals surface area (Å²) in [5, 5.41) is 5.95. The highest BCUT2D eigenvalue weighted by Gasteiger charge is 2.12. The Balaban J connectivity index is 1.25. The summed E-state index contributed by atoms with van der Waals surface area (Å²) < 4.78 is 16.8. The second-order valence-electron chi connectivity index (χ2n) is 6.56. The molecule has 2 N–H and O–H groups in total. The lowest BCUT2D eigenvalue weighted by Gasteiger charge is -2.19. The molecule has 4 rings (SSSR count). The quantitative estimate of drug-likeness (QED) is 0.636. The van der Waals surface area contributed by atoms with Crippen molar-refractivity contribution in [3.05, 3.63) is 78.4 Å². The first kappa shape index (κ1) is 18.7. The second kappa shape index (κ2) is 9.01. The van der Waals surface area contributed by atoms with Crippen molar-refractivity contribution in [1.29, 1.82) is 0 Å². The minimum absolute atomic E-state index is 0.141. The third-order valence-corrected chi connectivity index (χ3v) is 4.38. The van der Waals surface area contributed by atoms with Gasteiger partial charge in [0.2, 0.25) is 5.91 Å². The predicted molar refractivity (Wildman–Crippen MR) is 112 cm³/mol. The molecular weight excluding hydrogens is 368 g/mol. The first-order valence-corrected chi connectivity index (χ1v) is 9.46. The number of ether oxygens (including phenoxy) is 3. The summed E-state index contributed by atoms with van der Waals surface area (Å²) >= 11 is 0. The molecule has 0 bridgehead atoms. The maximum Gasteiger partial charge on any atom is 0.243 e. The Kier molecular flexibility index (Phi) is 5.81. The molecule has 0 fully saturated rings. The Hall–Kier alpha value is -3.67. The first-order chi connectivity index (χ1) is 14.3. The van der Waals surface area contributed by atoms with Gasteiger partial charge in [0.1, 0.15) is 25.6 Å². The third kappa shape index (κ3) is 5.19. The van der Waals surface area contributed by atoms with Crippen LogP contribution in [0.25, 0.3) is 0 Å². The number of anilines is 2. The topological polar surface area (TPSA) is 68.8 Å². The van der Waals surface area contributed by atoms with Gasteiger partial charge in [0.25, 0.3) is 0 Å². The summed E-state index contributed by atoms with van der Waals surface area (Å²) in [6.07, 6.45) is 0. The van der Waals surface area contributed by atoms with Gasteiger partial charge in [-0.3, -0.25) is 4.79 Å². The molecule has 0 aromatic heterocycles. The molecule has 0 atom stereocenters. The highest BCUT2D eigenvalue weighted by atomic mass is 16.6. The van der Waals surface area contributed by atoms with Crippen LogP contribution in [0.3, 0.4) is 0 Å². The van der Waals surface area contributed by atoms with Gasteiger partial charge >= 0.3 is 0 Å². The number of benzene rings is 3. The standard InChI is InChI=1S/C23H22N2O4/c26-23(15-24-19-8-11-21-22(14-19)28-13-12-27-21)25-18-6-9-20(10-7-18)29-16-17-4-2-1-3-5-17/h1-11,14,24H,12-13,15-16H2,(H,25,26).